The van der Waals surface area contributed by atoms with E-state index < -0.39 is 0 Å². The smallest absolute Gasteiger partial charge is 0.227 e. The molecule has 0 aliphatic carbocycles. The minimum Gasteiger partial charge on any atom is -0.372 e. The van der Waals surface area contributed by atoms with E-state index in [-0.39, 0.29) is 30.2 Å². The van der Waals surface area contributed by atoms with Crippen molar-refractivity contribution in [1.82, 2.24) is 5.32 Å². The van der Waals surface area contributed by atoms with E-state index in [1.165, 1.54) is 0 Å². The number of carbonyl (C=O) groups excluding carboxylic acids is 2. The van der Waals surface area contributed by atoms with Gasteiger partial charge in [-0.05, 0) is 50.6 Å². The zero-order chi connectivity index (χ0) is 20.1. The van der Waals surface area contributed by atoms with Crippen LogP contribution in [0.15, 0.2) is 54.6 Å². The molecule has 0 aromatic heterocycles. The van der Waals surface area contributed by atoms with Crippen LogP contribution in [0.4, 0.5) is 11.4 Å². The first kappa shape index (κ1) is 19.9. The number of anilines is 2. The Morgan fingerprint density at radius 2 is 1.75 bits per heavy atom. The lowest BCUT2D eigenvalue weighted by atomic mass is 10.1. The third kappa shape index (κ3) is 4.35. The fourth-order valence-corrected chi connectivity index (χ4v) is 3.72. The molecule has 2 amide bonds. The van der Waals surface area contributed by atoms with Crippen LogP contribution in [-0.4, -0.2) is 31.4 Å². The van der Waals surface area contributed by atoms with Crippen LogP contribution in [0.2, 0.25) is 0 Å². The van der Waals surface area contributed by atoms with Crippen molar-refractivity contribution in [1.29, 1.82) is 0 Å². The standard InChI is InChI=1S/C23H29N3O2/c1-4-25(5-2)20-11-13-21(14-12-20)26-16-19(15-22(26)27)23(28)24-17(3)18-9-7-6-8-10-18/h6-14,17,19H,4-5,15-16H2,1-3H3,(H,24,28). The summed E-state index contributed by atoms with van der Waals surface area (Å²) in [5.74, 6) is -0.379. The van der Waals surface area contributed by atoms with Crippen LogP contribution in [0.5, 0.6) is 0 Å². The summed E-state index contributed by atoms with van der Waals surface area (Å²) in [6.45, 7) is 8.54. The van der Waals surface area contributed by atoms with Gasteiger partial charge >= 0.3 is 0 Å². The van der Waals surface area contributed by atoms with Gasteiger partial charge in [0.05, 0.1) is 12.0 Å². The Morgan fingerprint density at radius 1 is 1.11 bits per heavy atom. The van der Waals surface area contributed by atoms with Crippen molar-refractivity contribution < 1.29 is 9.59 Å². The number of hydrogen-bond acceptors (Lipinski definition) is 3. The molecule has 2 unspecified atom stereocenters. The molecule has 1 heterocycles. The van der Waals surface area contributed by atoms with Crippen molar-refractivity contribution in [3.8, 4) is 0 Å². The maximum atomic E-state index is 12.7. The molecule has 0 bridgehead atoms. The van der Waals surface area contributed by atoms with E-state index in [1.54, 1.807) is 4.90 Å². The average Bonchev–Trinajstić information content (AvgIpc) is 3.12. The largest absolute Gasteiger partial charge is 0.372 e. The normalized spacial score (nSPS) is 17.5. The zero-order valence-corrected chi connectivity index (χ0v) is 16.9. The topological polar surface area (TPSA) is 52.6 Å². The minimum atomic E-state index is -0.318. The summed E-state index contributed by atoms with van der Waals surface area (Å²) in [5, 5.41) is 3.05. The van der Waals surface area contributed by atoms with Gasteiger partial charge in [-0.15, -0.1) is 0 Å². The van der Waals surface area contributed by atoms with Crippen LogP contribution < -0.4 is 15.1 Å². The molecule has 0 spiro atoms. The molecule has 3 rings (SSSR count). The van der Waals surface area contributed by atoms with Gasteiger partial charge in [0.15, 0.2) is 0 Å². The third-order valence-corrected chi connectivity index (χ3v) is 5.44. The Labute approximate surface area is 167 Å². The van der Waals surface area contributed by atoms with Gasteiger partial charge in [0, 0.05) is 37.4 Å². The SMILES string of the molecule is CCN(CC)c1ccc(N2CC(C(=O)NC(C)c3ccccc3)CC2=O)cc1. The van der Waals surface area contributed by atoms with Crippen molar-refractivity contribution in [2.45, 2.75) is 33.2 Å². The molecular weight excluding hydrogens is 350 g/mol. The van der Waals surface area contributed by atoms with Crippen molar-refractivity contribution in [3.05, 3.63) is 60.2 Å². The predicted molar refractivity (Wildman–Crippen MR) is 113 cm³/mol. The van der Waals surface area contributed by atoms with Gasteiger partial charge in [0.1, 0.15) is 0 Å². The van der Waals surface area contributed by atoms with E-state index in [2.05, 4.69) is 24.1 Å². The molecule has 1 N–H and O–H groups in total. The Morgan fingerprint density at radius 3 is 2.36 bits per heavy atom. The quantitative estimate of drug-likeness (QED) is 0.797. The molecule has 5 heteroatoms. The highest BCUT2D eigenvalue weighted by atomic mass is 16.2. The lowest BCUT2D eigenvalue weighted by Gasteiger charge is -2.23. The van der Waals surface area contributed by atoms with Gasteiger partial charge in [-0.25, -0.2) is 0 Å². The summed E-state index contributed by atoms with van der Waals surface area (Å²) in [4.78, 5) is 29.2. The summed E-state index contributed by atoms with van der Waals surface area (Å²) in [6, 6.07) is 17.8. The first-order chi connectivity index (χ1) is 13.5. The number of rotatable bonds is 7. The lowest BCUT2D eigenvalue weighted by molar-refractivity contribution is -0.126. The second kappa shape index (κ2) is 8.91. The number of carbonyl (C=O) groups is 2. The molecular formula is C23H29N3O2. The van der Waals surface area contributed by atoms with Gasteiger partial charge in [0.25, 0.3) is 0 Å². The molecule has 2 aromatic rings. The van der Waals surface area contributed by atoms with Crippen LogP contribution in [0.1, 0.15) is 38.8 Å². The molecule has 0 radical (unpaired) electrons. The Bertz CT molecular complexity index is 800. The lowest BCUT2D eigenvalue weighted by Crippen LogP contribution is -2.34. The van der Waals surface area contributed by atoms with Crippen LogP contribution in [0.25, 0.3) is 0 Å². The Kier molecular flexibility index (Phi) is 6.34. The fourth-order valence-electron chi connectivity index (χ4n) is 3.72. The summed E-state index contributed by atoms with van der Waals surface area (Å²) in [5.41, 5.74) is 3.06. The number of nitrogens with zero attached hydrogens (tertiary/aromatic N) is 2. The monoisotopic (exact) mass is 379 g/mol. The molecule has 148 valence electrons. The van der Waals surface area contributed by atoms with Crippen molar-refractivity contribution in [2.75, 3.05) is 29.4 Å². The maximum absolute atomic E-state index is 12.7. The van der Waals surface area contributed by atoms with Gasteiger partial charge in [-0.1, -0.05) is 30.3 Å². The van der Waals surface area contributed by atoms with Crippen molar-refractivity contribution in [2.24, 2.45) is 5.92 Å². The van der Waals surface area contributed by atoms with Gasteiger partial charge in [0.2, 0.25) is 11.8 Å². The highest BCUT2D eigenvalue weighted by molar-refractivity contribution is 6.00. The van der Waals surface area contributed by atoms with Gasteiger partial charge in [-0.2, -0.15) is 0 Å². The average molecular weight is 380 g/mol. The molecule has 1 aliphatic heterocycles. The second-order valence-electron chi connectivity index (χ2n) is 7.24. The van der Waals surface area contributed by atoms with Crippen LogP contribution in [0.3, 0.4) is 0 Å². The van der Waals surface area contributed by atoms with E-state index in [1.807, 2.05) is 61.5 Å². The predicted octanol–water partition coefficient (Wildman–Crippen LogP) is 3.76. The third-order valence-electron chi connectivity index (χ3n) is 5.44. The van der Waals surface area contributed by atoms with Crippen molar-refractivity contribution >= 4 is 23.2 Å². The van der Waals surface area contributed by atoms with Gasteiger partial charge < -0.3 is 15.1 Å². The molecule has 1 fully saturated rings. The number of nitrogens with one attached hydrogen (secondary N) is 1. The van der Waals surface area contributed by atoms with Gasteiger partial charge in [-0.3, -0.25) is 9.59 Å². The van der Waals surface area contributed by atoms with E-state index in [0.717, 1.165) is 30.0 Å². The van der Waals surface area contributed by atoms with Crippen LogP contribution >= 0.6 is 0 Å². The molecule has 2 atom stereocenters. The van der Waals surface area contributed by atoms with E-state index >= 15 is 0 Å². The second-order valence-corrected chi connectivity index (χ2v) is 7.24. The molecule has 1 saturated heterocycles. The summed E-state index contributed by atoms with van der Waals surface area (Å²) in [7, 11) is 0. The number of hydrogen-bond donors (Lipinski definition) is 1. The molecule has 1 aliphatic rings. The zero-order valence-electron chi connectivity index (χ0n) is 16.9. The van der Waals surface area contributed by atoms with Crippen LogP contribution in [0, 0.1) is 5.92 Å². The highest BCUT2D eigenvalue weighted by Crippen LogP contribution is 2.28. The molecule has 2 aromatic carbocycles. The summed E-state index contributed by atoms with van der Waals surface area (Å²) >= 11 is 0. The maximum Gasteiger partial charge on any atom is 0.227 e. The summed E-state index contributed by atoms with van der Waals surface area (Å²) < 4.78 is 0. The van der Waals surface area contributed by atoms with E-state index in [4.69, 9.17) is 0 Å². The number of amides is 2. The molecule has 5 nitrogen and oxygen atoms in total. The fraction of sp³-hybridized carbons (Fsp3) is 0.391. The summed E-state index contributed by atoms with van der Waals surface area (Å²) in [6.07, 6.45) is 0.255. The van der Waals surface area contributed by atoms with Crippen LogP contribution in [-0.2, 0) is 9.59 Å². The number of benzene rings is 2. The van der Waals surface area contributed by atoms with Crippen molar-refractivity contribution in [3.63, 3.8) is 0 Å². The Balaban J connectivity index is 1.64. The van der Waals surface area contributed by atoms with E-state index in [9.17, 15) is 9.59 Å². The minimum absolute atomic E-state index is 0.00287. The molecule has 0 saturated carbocycles. The highest BCUT2D eigenvalue weighted by Gasteiger charge is 2.35. The first-order valence-corrected chi connectivity index (χ1v) is 10.0. The van der Waals surface area contributed by atoms with E-state index in [0.29, 0.717) is 6.54 Å². The molecule has 28 heavy (non-hydrogen) atoms. The first-order valence-electron chi connectivity index (χ1n) is 10.0. The Hall–Kier alpha value is -2.82.